The average molecular weight is 377 g/mol. The highest BCUT2D eigenvalue weighted by molar-refractivity contribution is 5.89. The Bertz CT molecular complexity index is 511. The van der Waals surface area contributed by atoms with Gasteiger partial charge in [0.15, 0.2) is 0 Å². The van der Waals surface area contributed by atoms with Crippen molar-refractivity contribution in [3.05, 3.63) is 29.3 Å². The Morgan fingerprint density at radius 2 is 1.65 bits per heavy atom. The van der Waals surface area contributed by atoms with Crippen molar-refractivity contribution >= 4 is 36.5 Å². The zero-order valence-electron chi connectivity index (χ0n) is 13.1. The Hall–Kier alpha value is -1.18. The van der Waals surface area contributed by atoms with Gasteiger partial charge in [-0.25, -0.2) is 4.79 Å². The molecule has 0 radical (unpaired) electrons. The van der Waals surface area contributed by atoms with E-state index in [-0.39, 0.29) is 36.1 Å². The lowest BCUT2D eigenvalue weighted by atomic mass is 10.1. The van der Waals surface area contributed by atoms with Gasteiger partial charge >= 0.3 is 12.1 Å². The molecule has 0 aliphatic heterocycles. The predicted molar refractivity (Wildman–Crippen MR) is 89.3 cm³/mol. The van der Waals surface area contributed by atoms with Gasteiger partial charge in [0.25, 0.3) is 0 Å². The number of aromatic carboxylic acids is 1. The zero-order chi connectivity index (χ0) is 16.2. The Labute approximate surface area is 146 Å². The number of rotatable bonds is 6. The summed E-state index contributed by atoms with van der Waals surface area (Å²) in [4.78, 5) is 14.6. The van der Waals surface area contributed by atoms with Crippen molar-refractivity contribution in [3.63, 3.8) is 0 Å². The van der Waals surface area contributed by atoms with Crippen LogP contribution >= 0.6 is 24.8 Å². The molecule has 4 nitrogen and oxygen atoms in total. The van der Waals surface area contributed by atoms with Crippen LogP contribution in [-0.2, 0) is 6.18 Å². The summed E-state index contributed by atoms with van der Waals surface area (Å²) in [5, 5.41) is 8.94. The van der Waals surface area contributed by atoms with E-state index in [0.717, 1.165) is 19.0 Å². The first kappa shape index (κ1) is 24.1. The van der Waals surface area contributed by atoms with Gasteiger partial charge in [-0.3, -0.25) is 0 Å². The van der Waals surface area contributed by atoms with Gasteiger partial charge in [0, 0.05) is 19.3 Å². The van der Waals surface area contributed by atoms with Gasteiger partial charge in [0.05, 0.1) is 11.1 Å². The third-order valence-corrected chi connectivity index (χ3v) is 3.03. The van der Waals surface area contributed by atoms with Crippen molar-refractivity contribution < 1.29 is 23.1 Å². The van der Waals surface area contributed by atoms with Gasteiger partial charge in [-0.1, -0.05) is 0 Å². The molecule has 1 aromatic rings. The largest absolute Gasteiger partial charge is 0.478 e. The molecule has 1 aromatic carbocycles. The normalized spacial score (nSPS) is 10.7. The molecule has 9 heteroatoms. The number of carbonyl (C=O) groups is 1. The maximum atomic E-state index is 12.8. The number of halogens is 5. The van der Waals surface area contributed by atoms with Crippen molar-refractivity contribution in [1.82, 2.24) is 4.90 Å². The highest BCUT2D eigenvalue weighted by Crippen LogP contribution is 2.32. The van der Waals surface area contributed by atoms with Crippen molar-refractivity contribution in [1.29, 1.82) is 0 Å². The van der Waals surface area contributed by atoms with Crippen LogP contribution in [0.2, 0.25) is 0 Å². The van der Waals surface area contributed by atoms with Crippen LogP contribution in [0.3, 0.4) is 0 Å². The summed E-state index contributed by atoms with van der Waals surface area (Å²) in [7, 11) is 5.47. The number of anilines is 1. The Morgan fingerprint density at radius 1 is 1.09 bits per heavy atom. The molecule has 0 saturated heterocycles. The summed E-state index contributed by atoms with van der Waals surface area (Å²) >= 11 is 0. The number of alkyl halides is 3. The maximum absolute atomic E-state index is 12.8. The van der Waals surface area contributed by atoms with E-state index >= 15 is 0 Å². The highest BCUT2D eigenvalue weighted by atomic mass is 35.5. The third-order valence-electron chi connectivity index (χ3n) is 3.03. The van der Waals surface area contributed by atoms with Gasteiger partial charge in [-0.2, -0.15) is 13.2 Å². The molecule has 0 saturated carbocycles. The van der Waals surface area contributed by atoms with Crippen LogP contribution in [0.15, 0.2) is 18.2 Å². The smallest absolute Gasteiger partial charge is 0.416 e. The molecule has 23 heavy (non-hydrogen) atoms. The summed E-state index contributed by atoms with van der Waals surface area (Å²) in [5.74, 6) is -1.37. The molecular formula is C14H21Cl2F3N2O2. The molecule has 0 unspecified atom stereocenters. The van der Waals surface area contributed by atoms with Gasteiger partial charge in [0.2, 0.25) is 0 Å². The molecule has 0 aliphatic rings. The van der Waals surface area contributed by atoms with Crippen LogP contribution in [0, 0.1) is 0 Å². The second-order valence-electron chi connectivity index (χ2n) is 5.15. The number of carboxylic acid groups (broad SMARTS) is 1. The first-order valence-corrected chi connectivity index (χ1v) is 6.42. The standard InChI is InChI=1S/C14H19F3N2O2.2ClH/c1-18(2)5-4-6-19(3)12-8-10(13(20)21)7-11(9-12)14(15,16)17;;/h7-9H,4-6H2,1-3H3,(H,20,21);2*1H. The van der Waals surface area contributed by atoms with Crippen molar-refractivity contribution in [3.8, 4) is 0 Å². The van der Waals surface area contributed by atoms with E-state index in [1.807, 2.05) is 19.0 Å². The van der Waals surface area contributed by atoms with E-state index in [1.165, 1.54) is 6.07 Å². The molecule has 0 spiro atoms. The second-order valence-corrected chi connectivity index (χ2v) is 5.15. The fourth-order valence-corrected chi connectivity index (χ4v) is 1.87. The number of hydrogen-bond donors (Lipinski definition) is 1. The molecule has 0 atom stereocenters. The Balaban J connectivity index is 0. The fraction of sp³-hybridized carbons (Fsp3) is 0.500. The van der Waals surface area contributed by atoms with E-state index in [2.05, 4.69) is 0 Å². The lowest BCUT2D eigenvalue weighted by Crippen LogP contribution is -2.24. The predicted octanol–water partition coefficient (Wildman–Crippen LogP) is 3.64. The minimum absolute atomic E-state index is 0. The number of hydrogen-bond acceptors (Lipinski definition) is 3. The van der Waals surface area contributed by atoms with E-state index < -0.39 is 17.7 Å². The van der Waals surface area contributed by atoms with Crippen molar-refractivity contribution in [2.75, 3.05) is 39.1 Å². The molecule has 0 aromatic heterocycles. The van der Waals surface area contributed by atoms with Crippen LogP contribution in [0.25, 0.3) is 0 Å². The topological polar surface area (TPSA) is 43.8 Å². The molecule has 1 rings (SSSR count). The van der Waals surface area contributed by atoms with Crippen LogP contribution < -0.4 is 4.90 Å². The van der Waals surface area contributed by atoms with Gasteiger partial charge < -0.3 is 14.9 Å². The summed E-state index contributed by atoms with van der Waals surface area (Å²) in [6.07, 6.45) is -3.80. The first-order chi connectivity index (χ1) is 9.61. The zero-order valence-corrected chi connectivity index (χ0v) is 14.7. The van der Waals surface area contributed by atoms with Crippen LogP contribution in [-0.4, -0.2) is 50.2 Å². The Morgan fingerprint density at radius 3 is 2.09 bits per heavy atom. The molecule has 0 amide bonds. The minimum Gasteiger partial charge on any atom is -0.478 e. The molecule has 0 heterocycles. The highest BCUT2D eigenvalue weighted by Gasteiger charge is 2.32. The molecular weight excluding hydrogens is 356 g/mol. The van der Waals surface area contributed by atoms with Gasteiger partial charge in [-0.15, -0.1) is 24.8 Å². The number of nitrogens with zero attached hydrogens (tertiary/aromatic N) is 2. The minimum atomic E-state index is -4.56. The molecule has 1 N–H and O–H groups in total. The summed E-state index contributed by atoms with van der Waals surface area (Å²) in [6, 6.07) is 2.88. The van der Waals surface area contributed by atoms with Gasteiger partial charge in [0.1, 0.15) is 0 Å². The quantitative estimate of drug-likeness (QED) is 0.822. The lowest BCUT2D eigenvalue weighted by Gasteiger charge is -2.22. The van der Waals surface area contributed by atoms with Crippen molar-refractivity contribution in [2.45, 2.75) is 12.6 Å². The van der Waals surface area contributed by atoms with E-state index in [4.69, 9.17) is 5.11 Å². The number of carboxylic acids is 1. The van der Waals surface area contributed by atoms with E-state index in [9.17, 15) is 18.0 Å². The lowest BCUT2D eigenvalue weighted by molar-refractivity contribution is -0.137. The summed E-state index contributed by atoms with van der Waals surface area (Å²) in [5.41, 5.74) is -1.06. The molecule has 0 aliphatic carbocycles. The van der Waals surface area contributed by atoms with E-state index in [1.54, 1.807) is 11.9 Å². The number of benzene rings is 1. The van der Waals surface area contributed by atoms with Gasteiger partial charge in [-0.05, 0) is 45.3 Å². The van der Waals surface area contributed by atoms with Crippen LogP contribution in [0.4, 0.5) is 18.9 Å². The second kappa shape index (κ2) is 9.85. The summed E-state index contributed by atoms with van der Waals surface area (Å²) < 4.78 is 38.4. The molecule has 0 bridgehead atoms. The average Bonchev–Trinajstić information content (AvgIpc) is 2.36. The van der Waals surface area contributed by atoms with Crippen molar-refractivity contribution in [2.24, 2.45) is 0 Å². The fourth-order valence-electron chi connectivity index (χ4n) is 1.87. The van der Waals surface area contributed by atoms with Crippen LogP contribution in [0.1, 0.15) is 22.3 Å². The third kappa shape index (κ3) is 7.76. The monoisotopic (exact) mass is 376 g/mol. The summed E-state index contributed by atoms with van der Waals surface area (Å²) in [6.45, 7) is 1.34. The SMILES string of the molecule is CN(C)CCCN(C)c1cc(C(=O)O)cc(C(F)(F)F)c1.Cl.Cl. The van der Waals surface area contributed by atoms with Crippen LogP contribution in [0.5, 0.6) is 0 Å². The van der Waals surface area contributed by atoms with E-state index in [0.29, 0.717) is 12.6 Å². The Kier molecular flexibility index (Phi) is 10.3. The maximum Gasteiger partial charge on any atom is 0.416 e. The first-order valence-electron chi connectivity index (χ1n) is 6.42. The molecule has 0 fully saturated rings. The molecule has 134 valence electrons.